The second kappa shape index (κ2) is 10.3. The summed E-state index contributed by atoms with van der Waals surface area (Å²) in [6.07, 6.45) is 5.82. The largest absolute Gasteiger partial charge is 0.489 e. The number of fused-ring (bicyclic) bond motifs is 1. The van der Waals surface area contributed by atoms with Crippen LogP contribution in [0.1, 0.15) is 23.0 Å². The molecule has 0 saturated carbocycles. The molecule has 5 heteroatoms. The van der Waals surface area contributed by atoms with E-state index in [2.05, 4.69) is 46.4 Å². The third-order valence-electron chi connectivity index (χ3n) is 5.91. The molecule has 0 bridgehead atoms. The van der Waals surface area contributed by atoms with E-state index in [0.717, 1.165) is 49.4 Å². The number of benzene rings is 2. The van der Waals surface area contributed by atoms with Gasteiger partial charge in [-0.2, -0.15) is 0 Å². The topological polar surface area (TPSA) is 37.7 Å². The minimum Gasteiger partial charge on any atom is -0.489 e. The van der Waals surface area contributed by atoms with Crippen molar-refractivity contribution < 1.29 is 9.53 Å². The predicted octanol–water partition coefficient (Wildman–Crippen LogP) is 4.74. The van der Waals surface area contributed by atoms with Crippen LogP contribution in [0.25, 0.3) is 10.9 Å². The van der Waals surface area contributed by atoms with Crippen molar-refractivity contribution >= 4 is 16.8 Å². The number of piperazine rings is 1. The number of carbonyl (C=O) groups excluding carboxylic acids is 1. The first-order valence-corrected chi connectivity index (χ1v) is 11.2. The van der Waals surface area contributed by atoms with Crippen molar-refractivity contribution in [2.75, 3.05) is 32.8 Å². The van der Waals surface area contributed by atoms with Gasteiger partial charge < -0.3 is 14.2 Å². The highest BCUT2D eigenvalue weighted by atomic mass is 16.5. The maximum absolute atomic E-state index is 13.5. The fourth-order valence-electron chi connectivity index (χ4n) is 4.23. The lowest BCUT2D eigenvalue weighted by Crippen LogP contribution is -2.48. The van der Waals surface area contributed by atoms with E-state index in [1.165, 1.54) is 5.56 Å². The van der Waals surface area contributed by atoms with Crippen LogP contribution >= 0.6 is 0 Å². The molecule has 5 nitrogen and oxygen atoms in total. The first-order chi connectivity index (χ1) is 15.7. The van der Waals surface area contributed by atoms with Crippen molar-refractivity contribution in [2.24, 2.45) is 0 Å². The van der Waals surface area contributed by atoms with Crippen molar-refractivity contribution in [1.29, 1.82) is 0 Å². The number of nitrogens with zero attached hydrogens (tertiary/aromatic N) is 3. The second-order valence-electron chi connectivity index (χ2n) is 8.05. The second-order valence-corrected chi connectivity index (χ2v) is 8.05. The highest BCUT2D eigenvalue weighted by molar-refractivity contribution is 6.00. The van der Waals surface area contributed by atoms with Crippen molar-refractivity contribution in [1.82, 2.24) is 14.4 Å². The third-order valence-corrected chi connectivity index (χ3v) is 5.91. The normalized spacial score (nSPS) is 14.8. The van der Waals surface area contributed by atoms with Gasteiger partial charge in [-0.25, -0.2) is 0 Å². The van der Waals surface area contributed by atoms with E-state index in [0.29, 0.717) is 18.8 Å². The smallest absolute Gasteiger partial charge is 0.270 e. The Morgan fingerprint density at radius 2 is 1.84 bits per heavy atom. The molecule has 0 radical (unpaired) electrons. The van der Waals surface area contributed by atoms with Crippen molar-refractivity contribution in [3.8, 4) is 5.75 Å². The monoisotopic (exact) mass is 429 g/mol. The van der Waals surface area contributed by atoms with E-state index in [-0.39, 0.29) is 5.91 Å². The maximum atomic E-state index is 13.5. The average Bonchev–Trinajstić information content (AvgIpc) is 3.21. The standard InChI is InChI=1S/C27H31N3O2/c1-3-5-14-30-24-12-9-13-26(32-19-4-2)23(24)20-25(30)27(31)29-17-15-28(16-18-29)21-22-10-7-6-8-11-22/h3-13,20H,2,14-19,21H2,1H3/b5-3-. The van der Waals surface area contributed by atoms with Gasteiger partial charge in [0.1, 0.15) is 18.1 Å². The first kappa shape index (κ1) is 21.9. The van der Waals surface area contributed by atoms with Gasteiger partial charge in [-0.3, -0.25) is 9.69 Å². The molecule has 2 heterocycles. The number of allylic oxidation sites excluding steroid dienone is 2. The molecule has 0 spiro atoms. The van der Waals surface area contributed by atoms with Crippen LogP contribution in [0.3, 0.4) is 0 Å². The summed E-state index contributed by atoms with van der Waals surface area (Å²) >= 11 is 0. The minimum absolute atomic E-state index is 0.0831. The van der Waals surface area contributed by atoms with Crippen LogP contribution in [0.4, 0.5) is 0 Å². The molecule has 1 saturated heterocycles. The van der Waals surface area contributed by atoms with Gasteiger partial charge in [-0.05, 0) is 30.7 Å². The fraction of sp³-hybridized carbons (Fsp3) is 0.296. The maximum Gasteiger partial charge on any atom is 0.270 e. The summed E-state index contributed by atoms with van der Waals surface area (Å²) in [4.78, 5) is 17.9. The van der Waals surface area contributed by atoms with Crippen molar-refractivity contribution in [3.05, 3.63) is 90.7 Å². The fourth-order valence-corrected chi connectivity index (χ4v) is 4.23. The Balaban J connectivity index is 1.54. The molecule has 2 aromatic carbocycles. The number of aromatic nitrogens is 1. The lowest BCUT2D eigenvalue weighted by molar-refractivity contribution is 0.0619. The van der Waals surface area contributed by atoms with Crippen LogP contribution < -0.4 is 4.74 Å². The average molecular weight is 430 g/mol. The van der Waals surface area contributed by atoms with Crippen LogP contribution in [0.5, 0.6) is 5.75 Å². The molecule has 1 fully saturated rings. The summed E-state index contributed by atoms with van der Waals surface area (Å²) in [6.45, 7) is 11.0. The molecule has 1 aromatic heterocycles. The Morgan fingerprint density at radius 1 is 1.06 bits per heavy atom. The Hall–Kier alpha value is -3.31. The van der Waals surface area contributed by atoms with E-state index in [9.17, 15) is 4.79 Å². The van der Waals surface area contributed by atoms with Crippen LogP contribution in [-0.2, 0) is 13.1 Å². The Bertz CT molecular complexity index is 1090. The molecule has 166 valence electrons. The molecular weight excluding hydrogens is 398 g/mol. The molecule has 1 aliphatic rings. The van der Waals surface area contributed by atoms with Gasteiger partial charge in [-0.15, -0.1) is 0 Å². The zero-order chi connectivity index (χ0) is 22.3. The predicted molar refractivity (Wildman–Crippen MR) is 130 cm³/mol. The number of ether oxygens (including phenoxy) is 1. The summed E-state index contributed by atoms with van der Waals surface area (Å²) < 4.78 is 7.95. The number of rotatable bonds is 8. The van der Waals surface area contributed by atoms with E-state index >= 15 is 0 Å². The van der Waals surface area contributed by atoms with Crippen molar-refractivity contribution in [3.63, 3.8) is 0 Å². The summed E-state index contributed by atoms with van der Waals surface area (Å²) in [5.74, 6) is 0.864. The van der Waals surface area contributed by atoms with E-state index in [1.807, 2.05) is 48.2 Å². The third kappa shape index (κ3) is 4.78. The van der Waals surface area contributed by atoms with Gasteiger partial charge in [-0.1, -0.05) is 61.2 Å². The molecule has 0 unspecified atom stereocenters. The van der Waals surface area contributed by atoms with Gasteiger partial charge in [0.15, 0.2) is 0 Å². The first-order valence-electron chi connectivity index (χ1n) is 11.2. The highest BCUT2D eigenvalue weighted by Crippen LogP contribution is 2.30. The van der Waals surface area contributed by atoms with Crippen molar-refractivity contribution in [2.45, 2.75) is 20.0 Å². The zero-order valence-corrected chi connectivity index (χ0v) is 18.7. The molecule has 0 atom stereocenters. The highest BCUT2D eigenvalue weighted by Gasteiger charge is 2.26. The van der Waals surface area contributed by atoms with Crippen LogP contribution in [0, 0.1) is 0 Å². The molecule has 3 aromatic rings. The van der Waals surface area contributed by atoms with Gasteiger partial charge in [0.25, 0.3) is 5.91 Å². The van der Waals surface area contributed by atoms with Gasteiger partial charge >= 0.3 is 0 Å². The van der Waals surface area contributed by atoms with Crippen LogP contribution in [0.15, 0.2) is 79.4 Å². The van der Waals surface area contributed by atoms with Gasteiger partial charge in [0.05, 0.1) is 5.52 Å². The molecular formula is C27H31N3O2. The summed E-state index contributed by atoms with van der Waals surface area (Å²) in [7, 11) is 0. The lowest BCUT2D eigenvalue weighted by atomic mass is 10.2. The summed E-state index contributed by atoms with van der Waals surface area (Å²) in [5.41, 5.74) is 3.03. The summed E-state index contributed by atoms with van der Waals surface area (Å²) in [6, 6.07) is 18.5. The summed E-state index contributed by atoms with van der Waals surface area (Å²) in [5, 5.41) is 0.963. The quantitative estimate of drug-likeness (QED) is 0.486. The zero-order valence-electron chi connectivity index (χ0n) is 18.7. The lowest BCUT2D eigenvalue weighted by Gasteiger charge is -2.34. The number of carbonyl (C=O) groups is 1. The van der Waals surface area contributed by atoms with Crippen LogP contribution in [0.2, 0.25) is 0 Å². The molecule has 4 rings (SSSR count). The SMILES string of the molecule is C=CCOc1cccc2c1cc(C(=O)N1CCN(Cc3ccccc3)CC1)n2C/C=C\C. The van der Waals surface area contributed by atoms with Gasteiger partial charge in [0, 0.05) is 44.7 Å². The molecule has 0 aliphatic carbocycles. The Labute approximate surface area is 190 Å². The number of amides is 1. The number of hydrogen-bond acceptors (Lipinski definition) is 3. The number of hydrogen-bond donors (Lipinski definition) is 0. The van der Waals surface area contributed by atoms with E-state index in [1.54, 1.807) is 6.08 Å². The van der Waals surface area contributed by atoms with E-state index < -0.39 is 0 Å². The Morgan fingerprint density at radius 3 is 2.56 bits per heavy atom. The Kier molecular flexibility index (Phi) is 7.07. The van der Waals surface area contributed by atoms with Gasteiger partial charge in [0.2, 0.25) is 0 Å². The molecule has 1 aliphatic heterocycles. The molecule has 1 amide bonds. The molecule has 32 heavy (non-hydrogen) atoms. The van der Waals surface area contributed by atoms with E-state index in [4.69, 9.17) is 4.74 Å². The van der Waals surface area contributed by atoms with Crippen LogP contribution in [-0.4, -0.2) is 53.1 Å². The molecule has 0 N–H and O–H groups in total. The minimum atomic E-state index is 0.0831.